The fourth-order valence-electron chi connectivity index (χ4n) is 3.51. The molecule has 5 rings (SSSR count). The van der Waals surface area contributed by atoms with Crippen molar-refractivity contribution in [1.82, 2.24) is 5.01 Å². The Kier molecular flexibility index (Phi) is 4.39. The lowest BCUT2D eigenvalue weighted by Crippen LogP contribution is -2.37. The number of hydrogen-bond acceptors (Lipinski definition) is 7. The van der Waals surface area contributed by atoms with E-state index in [9.17, 15) is 4.79 Å². The van der Waals surface area contributed by atoms with Gasteiger partial charge in [0.25, 0.3) is 5.91 Å². The lowest BCUT2D eigenvalue weighted by molar-refractivity contribution is -0.143. The Balaban J connectivity index is 1.65. The highest BCUT2D eigenvalue weighted by Crippen LogP contribution is 2.36. The Bertz CT molecular complexity index is 1050. The highest BCUT2D eigenvalue weighted by Gasteiger charge is 2.34. The molecule has 0 saturated carbocycles. The van der Waals surface area contributed by atoms with Crippen LogP contribution in [0.25, 0.3) is 0 Å². The van der Waals surface area contributed by atoms with E-state index in [4.69, 9.17) is 25.1 Å². The molecule has 0 radical (unpaired) electrons. The Morgan fingerprint density at radius 3 is 2.52 bits per heavy atom. The molecule has 2 aromatic carbocycles. The van der Waals surface area contributed by atoms with Crippen LogP contribution in [0, 0.1) is 0 Å². The third-order valence-corrected chi connectivity index (χ3v) is 5.37. The number of nitrogen functional groups attached to an aromatic ring is 1. The first-order valence-electron chi connectivity index (χ1n) is 9.16. The number of rotatable bonds is 2. The molecule has 2 aromatic rings. The maximum atomic E-state index is 13.1. The van der Waals surface area contributed by atoms with E-state index in [1.165, 1.54) is 5.01 Å². The Hall–Kier alpha value is -3.07. The van der Waals surface area contributed by atoms with Gasteiger partial charge in [0.1, 0.15) is 17.8 Å². The quantitative estimate of drug-likeness (QED) is 0.700. The number of benzene rings is 2. The van der Waals surface area contributed by atoms with Gasteiger partial charge in [0.2, 0.25) is 6.23 Å². The average Bonchev–Trinajstić information content (AvgIpc) is 3.09. The number of carbonyl (C=O) groups is 1. The van der Waals surface area contributed by atoms with E-state index in [1.54, 1.807) is 12.1 Å². The minimum Gasteiger partial charge on any atom is -0.486 e. The number of fused-ring (bicyclic) bond motifs is 2. The SMILES string of the molecule is Nc1ccc(C2=NN(C3CC(Br)=NO3)C(=O)Cc3cc4c(cc32)OCCO4)cc1. The van der Waals surface area contributed by atoms with Crippen LogP contribution in [0.15, 0.2) is 46.7 Å². The highest BCUT2D eigenvalue weighted by molar-refractivity contribution is 9.18. The Labute approximate surface area is 175 Å². The number of nitrogens with two attached hydrogens (primary N) is 1. The molecule has 1 amide bonds. The lowest BCUT2D eigenvalue weighted by Gasteiger charge is -2.21. The number of ether oxygens (including phenoxy) is 2. The molecule has 29 heavy (non-hydrogen) atoms. The van der Waals surface area contributed by atoms with Crippen LogP contribution in [0.3, 0.4) is 0 Å². The number of amides is 1. The number of anilines is 1. The first-order chi connectivity index (χ1) is 14.1. The minimum absolute atomic E-state index is 0.158. The molecule has 0 aliphatic carbocycles. The summed E-state index contributed by atoms with van der Waals surface area (Å²) < 4.78 is 12.1. The van der Waals surface area contributed by atoms with Crippen LogP contribution in [-0.4, -0.2) is 40.7 Å². The van der Waals surface area contributed by atoms with Crippen molar-refractivity contribution >= 4 is 37.9 Å². The fourth-order valence-corrected chi connectivity index (χ4v) is 3.87. The second kappa shape index (κ2) is 7.07. The number of hydrogen-bond donors (Lipinski definition) is 1. The Morgan fingerprint density at radius 1 is 1.10 bits per heavy atom. The van der Waals surface area contributed by atoms with Gasteiger partial charge in [-0.15, -0.1) is 0 Å². The number of halogens is 1. The molecule has 1 atom stereocenters. The number of carbonyl (C=O) groups excluding carboxylic acids is 1. The van der Waals surface area contributed by atoms with Crippen LogP contribution in [0.5, 0.6) is 11.5 Å². The van der Waals surface area contributed by atoms with E-state index in [0.29, 0.717) is 47.2 Å². The normalized spacial score (nSPS) is 20.4. The Morgan fingerprint density at radius 2 is 1.83 bits per heavy atom. The van der Waals surface area contributed by atoms with E-state index in [2.05, 4.69) is 21.1 Å². The van der Waals surface area contributed by atoms with Crippen LogP contribution < -0.4 is 15.2 Å². The molecule has 0 saturated heterocycles. The van der Waals surface area contributed by atoms with Gasteiger partial charge < -0.3 is 20.0 Å². The van der Waals surface area contributed by atoms with E-state index >= 15 is 0 Å². The summed E-state index contributed by atoms with van der Waals surface area (Å²) in [6, 6.07) is 11.1. The lowest BCUT2D eigenvalue weighted by atomic mass is 9.95. The van der Waals surface area contributed by atoms with Crippen molar-refractivity contribution in [2.75, 3.05) is 18.9 Å². The minimum atomic E-state index is -0.600. The predicted molar refractivity (Wildman–Crippen MR) is 110 cm³/mol. The molecule has 0 fully saturated rings. The first kappa shape index (κ1) is 18.0. The maximum Gasteiger partial charge on any atom is 0.250 e. The molecule has 0 aromatic heterocycles. The molecule has 1 unspecified atom stereocenters. The summed E-state index contributed by atoms with van der Waals surface area (Å²) in [5, 5.41) is 9.97. The summed E-state index contributed by atoms with van der Waals surface area (Å²) in [6.07, 6.45) is -0.00790. The number of nitrogens with zero attached hydrogens (tertiary/aromatic N) is 3. The second-order valence-electron chi connectivity index (χ2n) is 6.87. The van der Waals surface area contributed by atoms with Gasteiger partial charge in [-0.3, -0.25) is 4.79 Å². The van der Waals surface area contributed by atoms with Gasteiger partial charge in [-0.25, -0.2) is 0 Å². The molecule has 9 heteroatoms. The first-order valence-corrected chi connectivity index (χ1v) is 9.95. The van der Waals surface area contributed by atoms with Gasteiger partial charge in [0.05, 0.1) is 18.6 Å². The summed E-state index contributed by atoms with van der Waals surface area (Å²) in [6.45, 7) is 0.957. The van der Waals surface area contributed by atoms with Crippen LogP contribution in [0.2, 0.25) is 0 Å². The zero-order valence-corrected chi connectivity index (χ0v) is 16.9. The van der Waals surface area contributed by atoms with Crippen LogP contribution in [0.4, 0.5) is 5.69 Å². The van der Waals surface area contributed by atoms with Crippen molar-refractivity contribution in [3.8, 4) is 11.5 Å². The van der Waals surface area contributed by atoms with Gasteiger partial charge in [-0.1, -0.05) is 17.3 Å². The topological polar surface area (TPSA) is 98.7 Å². The molecule has 8 nitrogen and oxygen atoms in total. The van der Waals surface area contributed by atoms with Crippen LogP contribution in [0.1, 0.15) is 23.1 Å². The zero-order chi connectivity index (χ0) is 20.0. The van der Waals surface area contributed by atoms with Crippen molar-refractivity contribution < 1.29 is 19.1 Å². The summed E-state index contributed by atoms with van der Waals surface area (Å²) >= 11 is 3.32. The summed E-state index contributed by atoms with van der Waals surface area (Å²) in [4.78, 5) is 18.5. The zero-order valence-electron chi connectivity index (χ0n) is 15.3. The highest BCUT2D eigenvalue weighted by atomic mass is 79.9. The molecular formula is C20H17BrN4O4. The molecule has 148 valence electrons. The maximum absolute atomic E-state index is 13.1. The largest absolute Gasteiger partial charge is 0.486 e. The molecular weight excluding hydrogens is 440 g/mol. The summed E-state index contributed by atoms with van der Waals surface area (Å²) in [5.41, 5.74) is 9.59. The predicted octanol–water partition coefficient (Wildman–Crippen LogP) is 2.63. The number of hydrazone groups is 1. The fraction of sp³-hybridized carbons (Fsp3) is 0.250. The van der Waals surface area contributed by atoms with Crippen molar-refractivity contribution in [3.05, 3.63) is 53.1 Å². The molecule has 3 aliphatic heterocycles. The van der Waals surface area contributed by atoms with Crippen molar-refractivity contribution in [3.63, 3.8) is 0 Å². The smallest absolute Gasteiger partial charge is 0.250 e. The van der Waals surface area contributed by atoms with E-state index in [0.717, 1.165) is 16.7 Å². The van der Waals surface area contributed by atoms with E-state index < -0.39 is 6.23 Å². The average molecular weight is 457 g/mol. The van der Waals surface area contributed by atoms with E-state index in [1.807, 2.05) is 24.3 Å². The summed E-state index contributed by atoms with van der Waals surface area (Å²) in [7, 11) is 0. The molecule has 2 N–H and O–H groups in total. The van der Waals surface area contributed by atoms with Crippen molar-refractivity contribution in [2.45, 2.75) is 19.1 Å². The van der Waals surface area contributed by atoms with Crippen LogP contribution >= 0.6 is 15.9 Å². The van der Waals surface area contributed by atoms with E-state index in [-0.39, 0.29) is 12.3 Å². The number of oxime groups is 1. The third-order valence-electron chi connectivity index (χ3n) is 4.90. The second-order valence-corrected chi connectivity index (χ2v) is 7.79. The molecule has 3 aliphatic rings. The van der Waals surface area contributed by atoms with Crippen molar-refractivity contribution in [2.24, 2.45) is 10.3 Å². The van der Waals surface area contributed by atoms with Gasteiger partial charge in [-0.2, -0.15) is 10.1 Å². The molecule has 0 spiro atoms. The van der Waals surface area contributed by atoms with Gasteiger partial charge >= 0.3 is 0 Å². The molecule has 3 heterocycles. The van der Waals surface area contributed by atoms with Gasteiger partial charge in [0.15, 0.2) is 11.5 Å². The molecule has 0 bridgehead atoms. The van der Waals surface area contributed by atoms with Gasteiger partial charge in [0, 0.05) is 16.8 Å². The van der Waals surface area contributed by atoms with Gasteiger partial charge in [-0.05, 0) is 45.8 Å². The monoisotopic (exact) mass is 456 g/mol. The third kappa shape index (κ3) is 3.31. The summed E-state index contributed by atoms with van der Waals surface area (Å²) in [5.74, 6) is 1.09. The van der Waals surface area contributed by atoms with Crippen molar-refractivity contribution in [1.29, 1.82) is 0 Å². The standard InChI is InChI=1S/C20H17BrN4O4/c21-17-10-19(29-24-17)25-18(26)8-12-7-15-16(28-6-5-27-15)9-14(12)20(23-25)11-1-3-13(22)4-2-11/h1-4,7,9,19H,5-6,8,10,22H2. The van der Waals surface area contributed by atoms with Crippen LogP contribution in [-0.2, 0) is 16.1 Å².